The van der Waals surface area contributed by atoms with Crippen LogP contribution in [0.25, 0.3) is 0 Å². The smallest absolute Gasteiger partial charge is 0.328 e. The van der Waals surface area contributed by atoms with Crippen LogP contribution in [0.5, 0.6) is 0 Å². The standard InChI is InChI=1S/C19H29NO2/c1-12(2)17(18(21)22-7)20-16-10-13(3)8-9-15(16)14(4)11-19(20,5)6/h8-10,12,14,17H,11H2,1-7H3/t14-,17+/m0/s1. The molecule has 0 amide bonds. The Morgan fingerprint density at radius 2 is 2.00 bits per heavy atom. The molecule has 0 saturated heterocycles. The van der Waals surface area contributed by atoms with Gasteiger partial charge in [0, 0.05) is 11.2 Å². The highest BCUT2D eigenvalue weighted by Crippen LogP contribution is 2.45. The number of hydrogen-bond acceptors (Lipinski definition) is 3. The Morgan fingerprint density at radius 1 is 1.36 bits per heavy atom. The Morgan fingerprint density at radius 3 is 2.55 bits per heavy atom. The van der Waals surface area contributed by atoms with E-state index in [1.54, 1.807) is 0 Å². The third-order valence-corrected chi connectivity index (χ3v) is 4.79. The van der Waals surface area contributed by atoms with Crippen molar-refractivity contribution in [2.45, 2.75) is 65.5 Å². The molecule has 0 spiro atoms. The highest BCUT2D eigenvalue weighted by Gasteiger charge is 2.43. The van der Waals surface area contributed by atoms with Gasteiger partial charge in [-0.25, -0.2) is 4.79 Å². The van der Waals surface area contributed by atoms with Crippen molar-refractivity contribution in [2.24, 2.45) is 5.92 Å². The van der Waals surface area contributed by atoms with Crippen LogP contribution >= 0.6 is 0 Å². The van der Waals surface area contributed by atoms with Crippen molar-refractivity contribution < 1.29 is 9.53 Å². The molecule has 3 nitrogen and oxygen atoms in total. The zero-order chi connectivity index (χ0) is 16.7. The Hall–Kier alpha value is -1.51. The van der Waals surface area contributed by atoms with Gasteiger partial charge in [0.1, 0.15) is 6.04 Å². The molecule has 0 aromatic heterocycles. The van der Waals surface area contributed by atoms with Gasteiger partial charge in [0.25, 0.3) is 0 Å². The van der Waals surface area contributed by atoms with Gasteiger partial charge in [-0.05, 0) is 56.2 Å². The molecule has 1 aromatic rings. The van der Waals surface area contributed by atoms with Crippen molar-refractivity contribution in [2.75, 3.05) is 12.0 Å². The monoisotopic (exact) mass is 303 g/mol. The summed E-state index contributed by atoms with van der Waals surface area (Å²) in [6.07, 6.45) is 1.03. The molecule has 0 N–H and O–H groups in total. The number of nitrogens with zero attached hydrogens (tertiary/aromatic N) is 1. The van der Waals surface area contributed by atoms with Crippen molar-refractivity contribution >= 4 is 11.7 Å². The summed E-state index contributed by atoms with van der Waals surface area (Å²) in [5.74, 6) is 0.533. The molecule has 1 heterocycles. The third-order valence-electron chi connectivity index (χ3n) is 4.79. The van der Waals surface area contributed by atoms with Gasteiger partial charge in [-0.3, -0.25) is 0 Å². The molecule has 0 aliphatic carbocycles. The second-order valence-corrected chi connectivity index (χ2v) is 7.56. The molecule has 3 heteroatoms. The third kappa shape index (κ3) is 2.86. The highest BCUT2D eigenvalue weighted by molar-refractivity contribution is 5.82. The quantitative estimate of drug-likeness (QED) is 0.780. The van der Waals surface area contributed by atoms with Gasteiger partial charge in [0.15, 0.2) is 0 Å². The molecule has 0 radical (unpaired) electrons. The number of ether oxygens (including phenoxy) is 1. The topological polar surface area (TPSA) is 29.5 Å². The summed E-state index contributed by atoms with van der Waals surface area (Å²) in [5, 5.41) is 0. The normalized spacial score (nSPS) is 21.5. The molecular weight excluding hydrogens is 274 g/mol. The number of benzene rings is 1. The minimum absolute atomic E-state index is 0.0800. The van der Waals surface area contributed by atoms with Crippen LogP contribution in [0, 0.1) is 12.8 Å². The summed E-state index contributed by atoms with van der Waals surface area (Å²) < 4.78 is 5.11. The van der Waals surface area contributed by atoms with Crippen LogP contribution in [0.1, 0.15) is 58.1 Å². The molecule has 1 aliphatic heterocycles. The Kier molecular flexibility index (Phi) is 4.55. The fourth-order valence-electron chi connectivity index (χ4n) is 3.89. The van der Waals surface area contributed by atoms with E-state index in [-0.39, 0.29) is 23.5 Å². The van der Waals surface area contributed by atoms with Crippen molar-refractivity contribution in [3.63, 3.8) is 0 Å². The minimum atomic E-state index is -0.256. The summed E-state index contributed by atoms with van der Waals surface area (Å²) in [7, 11) is 1.48. The zero-order valence-corrected chi connectivity index (χ0v) is 14.9. The first-order valence-electron chi connectivity index (χ1n) is 8.16. The predicted octanol–water partition coefficient (Wildman–Crippen LogP) is 4.28. The van der Waals surface area contributed by atoms with Crippen LogP contribution in [0.4, 0.5) is 5.69 Å². The summed E-state index contributed by atoms with van der Waals surface area (Å²) in [5.41, 5.74) is 3.66. The van der Waals surface area contributed by atoms with Crippen LogP contribution < -0.4 is 4.90 Å². The van der Waals surface area contributed by atoms with E-state index < -0.39 is 0 Å². The van der Waals surface area contributed by atoms with Gasteiger partial charge in [-0.15, -0.1) is 0 Å². The average molecular weight is 303 g/mol. The molecular formula is C19H29NO2. The summed E-state index contributed by atoms with van der Waals surface area (Å²) in [6.45, 7) is 13.0. The van der Waals surface area contributed by atoms with E-state index in [4.69, 9.17) is 4.74 Å². The molecule has 0 saturated carbocycles. The lowest BCUT2D eigenvalue weighted by Gasteiger charge is -2.51. The second-order valence-electron chi connectivity index (χ2n) is 7.56. The number of anilines is 1. The Balaban J connectivity index is 2.63. The first-order chi connectivity index (χ1) is 10.2. The van der Waals surface area contributed by atoms with Crippen LogP contribution in [-0.2, 0) is 9.53 Å². The lowest BCUT2D eigenvalue weighted by atomic mass is 9.77. The molecule has 122 valence electrons. The Bertz CT molecular complexity index is 563. The number of rotatable bonds is 3. The van der Waals surface area contributed by atoms with E-state index >= 15 is 0 Å². The lowest BCUT2D eigenvalue weighted by Crippen LogP contribution is -2.58. The minimum Gasteiger partial charge on any atom is -0.467 e. The van der Waals surface area contributed by atoms with Crippen molar-refractivity contribution in [3.05, 3.63) is 29.3 Å². The van der Waals surface area contributed by atoms with Gasteiger partial charge in [0.05, 0.1) is 7.11 Å². The van der Waals surface area contributed by atoms with Crippen LogP contribution in [0.15, 0.2) is 18.2 Å². The SMILES string of the molecule is COC(=O)[C@@H](C(C)C)N1c2cc(C)ccc2[C@@H](C)CC1(C)C. The van der Waals surface area contributed by atoms with Crippen LogP contribution in [0.2, 0.25) is 0 Å². The van der Waals surface area contributed by atoms with E-state index in [9.17, 15) is 4.79 Å². The largest absolute Gasteiger partial charge is 0.467 e. The van der Waals surface area contributed by atoms with Crippen molar-refractivity contribution in [1.82, 2.24) is 0 Å². The van der Waals surface area contributed by atoms with E-state index in [0.29, 0.717) is 5.92 Å². The maximum absolute atomic E-state index is 12.5. The predicted molar refractivity (Wildman–Crippen MR) is 91.4 cm³/mol. The molecule has 2 rings (SSSR count). The van der Waals surface area contributed by atoms with Gasteiger partial charge in [-0.1, -0.05) is 32.9 Å². The fourth-order valence-corrected chi connectivity index (χ4v) is 3.89. The van der Waals surface area contributed by atoms with Crippen molar-refractivity contribution in [3.8, 4) is 0 Å². The summed E-state index contributed by atoms with van der Waals surface area (Å²) in [6, 6.07) is 6.33. The van der Waals surface area contributed by atoms with Gasteiger partial charge in [-0.2, -0.15) is 0 Å². The molecule has 0 bridgehead atoms. The molecule has 1 aromatic carbocycles. The van der Waals surface area contributed by atoms with Gasteiger partial charge in [0.2, 0.25) is 0 Å². The first-order valence-corrected chi connectivity index (χ1v) is 8.16. The van der Waals surface area contributed by atoms with Crippen LogP contribution in [-0.4, -0.2) is 24.7 Å². The Labute approximate surface area is 134 Å². The maximum Gasteiger partial charge on any atom is 0.328 e. The van der Waals surface area contributed by atoms with E-state index in [2.05, 4.69) is 64.6 Å². The van der Waals surface area contributed by atoms with Gasteiger partial charge >= 0.3 is 5.97 Å². The second kappa shape index (κ2) is 5.94. The molecule has 1 aliphatic rings. The number of aryl methyl sites for hydroxylation is 1. The summed E-state index contributed by atoms with van der Waals surface area (Å²) in [4.78, 5) is 14.8. The van der Waals surface area contributed by atoms with E-state index in [1.807, 2.05) is 0 Å². The lowest BCUT2D eigenvalue weighted by molar-refractivity contribution is -0.143. The number of hydrogen-bond donors (Lipinski definition) is 0. The molecule has 22 heavy (non-hydrogen) atoms. The van der Waals surface area contributed by atoms with Crippen LogP contribution in [0.3, 0.4) is 0 Å². The van der Waals surface area contributed by atoms with Gasteiger partial charge < -0.3 is 9.64 Å². The summed E-state index contributed by atoms with van der Waals surface area (Å²) >= 11 is 0. The highest BCUT2D eigenvalue weighted by atomic mass is 16.5. The number of methoxy groups -OCH3 is 1. The first kappa shape index (κ1) is 16.9. The number of fused-ring (bicyclic) bond motifs is 1. The van der Waals surface area contributed by atoms with Crippen molar-refractivity contribution in [1.29, 1.82) is 0 Å². The zero-order valence-electron chi connectivity index (χ0n) is 14.9. The fraction of sp³-hybridized carbons (Fsp3) is 0.632. The van der Waals surface area contributed by atoms with E-state index in [1.165, 1.54) is 23.9 Å². The van der Waals surface area contributed by atoms with E-state index in [0.717, 1.165) is 6.42 Å². The molecule has 0 fully saturated rings. The maximum atomic E-state index is 12.5. The molecule has 0 unspecified atom stereocenters. The number of carbonyl (C=O) groups is 1. The average Bonchev–Trinajstić information content (AvgIpc) is 2.41. The number of carbonyl (C=O) groups excluding carboxylic acids is 1. The molecule has 2 atom stereocenters. The number of esters is 1.